The zero-order valence-electron chi connectivity index (χ0n) is 23.3. The smallest absolute Gasteiger partial charge is 0.264 e. The van der Waals surface area contributed by atoms with Gasteiger partial charge in [-0.1, -0.05) is 55.0 Å². The van der Waals surface area contributed by atoms with Crippen molar-refractivity contribution in [3.05, 3.63) is 70.9 Å². The van der Waals surface area contributed by atoms with Crippen molar-refractivity contribution < 1.29 is 32.3 Å². The highest BCUT2D eigenvalue weighted by molar-refractivity contribution is 7.94. The molecule has 3 amide bonds. The fourth-order valence-corrected chi connectivity index (χ4v) is 7.81. The van der Waals surface area contributed by atoms with Gasteiger partial charge in [0.2, 0.25) is 26.8 Å². The topological polar surface area (TPSA) is 133 Å². The van der Waals surface area contributed by atoms with Crippen LogP contribution in [0.3, 0.4) is 0 Å². The molecule has 2 heterocycles. The van der Waals surface area contributed by atoms with E-state index in [0.717, 1.165) is 36.3 Å². The molecule has 5 atom stereocenters. The Morgan fingerprint density at radius 1 is 1.12 bits per heavy atom. The minimum absolute atomic E-state index is 0.0139. The van der Waals surface area contributed by atoms with Crippen LogP contribution in [0.4, 0.5) is 4.39 Å². The Labute approximate surface area is 244 Å². The van der Waals surface area contributed by atoms with Gasteiger partial charge in [-0.3, -0.25) is 14.4 Å². The molecule has 2 saturated heterocycles. The maximum atomic E-state index is 14.6. The minimum Gasteiger partial charge on any atom is -0.372 e. The summed E-state index contributed by atoms with van der Waals surface area (Å²) >= 11 is 0. The van der Waals surface area contributed by atoms with Crippen LogP contribution in [0, 0.1) is 17.8 Å². The molecule has 3 N–H and O–H groups in total. The van der Waals surface area contributed by atoms with Crippen LogP contribution < -0.4 is 10.6 Å². The fraction of sp³-hybridized carbons (Fsp3) is 0.452. The van der Waals surface area contributed by atoms with Gasteiger partial charge in [0.05, 0.1) is 6.04 Å². The van der Waals surface area contributed by atoms with Crippen molar-refractivity contribution in [3.8, 4) is 11.1 Å². The van der Waals surface area contributed by atoms with Gasteiger partial charge in [-0.25, -0.2) is 8.42 Å². The molecule has 0 bridgehead atoms. The summed E-state index contributed by atoms with van der Waals surface area (Å²) < 4.78 is 38.4. The second kappa shape index (κ2) is 10.6. The normalized spacial score (nSPS) is 26.8. The Kier molecular flexibility index (Phi) is 7.21. The van der Waals surface area contributed by atoms with E-state index in [0.29, 0.717) is 30.5 Å². The number of rotatable bonds is 7. The highest BCUT2D eigenvalue weighted by Crippen LogP contribution is 2.50. The van der Waals surface area contributed by atoms with Crippen LogP contribution in [0.2, 0.25) is 0 Å². The molecule has 0 radical (unpaired) electrons. The summed E-state index contributed by atoms with van der Waals surface area (Å²) in [7, 11) is -4.17. The van der Waals surface area contributed by atoms with Gasteiger partial charge in [-0.05, 0) is 54.7 Å². The number of hydrogen-bond acceptors (Lipinski definition) is 6. The molecule has 222 valence electrons. The molecular weight excluding hydrogens is 561 g/mol. The molecule has 0 unspecified atom stereocenters. The summed E-state index contributed by atoms with van der Waals surface area (Å²) in [5.74, 6) is -2.02. The van der Waals surface area contributed by atoms with Crippen LogP contribution in [0.1, 0.15) is 43.2 Å². The largest absolute Gasteiger partial charge is 0.372 e. The third-order valence-electron chi connectivity index (χ3n) is 9.37. The van der Waals surface area contributed by atoms with Gasteiger partial charge in [0, 0.05) is 36.4 Å². The number of nitrogens with one attached hydrogen (secondary N) is 2. The van der Waals surface area contributed by atoms with E-state index in [2.05, 4.69) is 10.6 Å². The lowest BCUT2D eigenvalue weighted by Gasteiger charge is -2.34. The number of carbonyl (C=O) groups is 3. The number of nitrogens with zero attached hydrogens (tertiary/aromatic N) is 1. The van der Waals surface area contributed by atoms with E-state index in [9.17, 15) is 32.3 Å². The van der Waals surface area contributed by atoms with Gasteiger partial charge in [0.25, 0.3) is 5.91 Å². The molecule has 2 aromatic carbocycles. The van der Waals surface area contributed by atoms with E-state index in [4.69, 9.17) is 0 Å². The van der Waals surface area contributed by atoms with E-state index >= 15 is 0 Å². The van der Waals surface area contributed by atoms with Gasteiger partial charge < -0.3 is 20.6 Å². The van der Waals surface area contributed by atoms with Gasteiger partial charge >= 0.3 is 0 Å². The van der Waals surface area contributed by atoms with E-state index in [1.54, 1.807) is 24.3 Å². The van der Waals surface area contributed by atoms with Crippen molar-refractivity contribution in [2.45, 2.75) is 49.8 Å². The Hall–Kier alpha value is -3.57. The van der Waals surface area contributed by atoms with E-state index in [-0.39, 0.29) is 30.7 Å². The van der Waals surface area contributed by atoms with Crippen molar-refractivity contribution in [1.29, 1.82) is 0 Å². The highest BCUT2D eigenvalue weighted by Gasteiger charge is 2.56. The van der Waals surface area contributed by atoms with Crippen molar-refractivity contribution >= 4 is 27.6 Å². The summed E-state index contributed by atoms with van der Waals surface area (Å²) in [6.45, 7) is 0.732. The summed E-state index contributed by atoms with van der Waals surface area (Å²) in [4.78, 5) is 42.2. The molecule has 42 heavy (non-hydrogen) atoms. The molecule has 2 aliphatic carbocycles. The number of aliphatic hydroxyl groups is 1. The quantitative estimate of drug-likeness (QED) is 0.451. The zero-order valence-corrected chi connectivity index (χ0v) is 24.1. The van der Waals surface area contributed by atoms with Crippen molar-refractivity contribution in [2.24, 2.45) is 17.8 Å². The molecule has 9 nitrogen and oxygen atoms in total. The number of hydrogen-bond donors (Lipinski definition) is 3. The lowest BCUT2D eigenvalue weighted by Crippen LogP contribution is -2.55. The van der Waals surface area contributed by atoms with Gasteiger partial charge in [-0.2, -0.15) is 4.39 Å². The number of likely N-dealkylation sites (tertiary alicyclic amines) is 1. The maximum Gasteiger partial charge on any atom is 0.264 e. The van der Waals surface area contributed by atoms with E-state index in [1.165, 1.54) is 4.90 Å². The Morgan fingerprint density at radius 2 is 1.76 bits per heavy atom. The maximum absolute atomic E-state index is 14.6. The third-order valence-corrected chi connectivity index (χ3v) is 10.2. The molecule has 2 aliphatic heterocycles. The first kappa shape index (κ1) is 28.5. The molecule has 6 rings (SSSR count). The summed E-state index contributed by atoms with van der Waals surface area (Å²) in [5.41, 5.74) is 0.418. The van der Waals surface area contributed by atoms with Crippen molar-refractivity contribution in [3.63, 3.8) is 0 Å². The second-order valence-electron chi connectivity index (χ2n) is 11.9. The van der Waals surface area contributed by atoms with Crippen LogP contribution >= 0.6 is 0 Å². The van der Waals surface area contributed by atoms with Crippen molar-refractivity contribution in [2.75, 3.05) is 19.3 Å². The summed E-state index contributed by atoms with van der Waals surface area (Å²) in [5, 5.41) is 16.3. The Morgan fingerprint density at radius 3 is 2.36 bits per heavy atom. The minimum atomic E-state index is -4.17. The predicted octanol–water partition coefficient (Wildman–Crippen LogP) is 2.40. The Balaban J connectivity index is 1.34. The number of carbonyl (C=O) groups excluding carboxylic acids is 3. The molecule has 4 aliphatic rings. The van der Waals surface area contributed by atoms with Crippen LogP contribution in [0.5, 0.6) is 0 Å². The molecule has 2 aromatic rings. The molecule has 3 fully saturated rings. The number of fused-ring (bicyclic) bond motifs is 4. The standard InChI is InChI=1S/C31H34FN3O6S/c1-42(40,41)26(32)16-20(15-18-13-14-33-28(18)36)34-29(37)27-21-10-6-7-19(21)17-35(27)30(38)31(39)24-11-4-2-8-22(24)23-9-3-5-12-25(23)31/h2-5,8-9,11-12,16,18-21,27,39H,6-7,10,13-15,17H2,1H3,(H,33,36)(H,34,37)/b26-16+/t18-,19-,20-,21-,27+/m0/s1. The second-order valence-corrected chi connectivity index (χ2v) is 13.9. The van der Waals surface area contributed by atoms with Crippen LogP contribution in [-0.2, 0) is 29.8 Å². The first-order valence-corrected chi connectivity index (χ1v) is 16.3. The molecule has 11 heteroatoms. The van der Waals surface area contributed by atoms with Gasteiger partial charge in [0.15, 0.2) is 5.60 Å². The monoisotopic (exact) mass is 595 g/mol. The zero-order chi connectivity index (χ0) is 29.8. The number of halogens is 1. The van der Waals surface area contributed by atoms with Crippen LogP contribution in [-0.4, -0.2) is 67.6 Å². The lowest BCUT2D eigenvalue weighted by atomic mass is 9.88. The molecular formula is C31H34FN3O6S. The van der Waals surface area contributed by atoms with E-state index < -0.39 is 50.4 Å². The molecule has 1 saturated carbocycles. The fourth-order valence-electron chi connectivity index (χ4n) is 7.40. The van der Waals surface area contributed by atoms with Crippen LogP contribution in [0.25, 0.3) is 11.1 Å². The average Bonchev–Trinajstić information content (AvgIpc) is 3.72. The average molecular weight is 596 g/mol. The molecule has 0 spiro atoms. The first-order valence-electron chi connectivity index (χ1n) is 14.4. The van der Waals surface area contributed by atoms with Crippen molar-refractivity contribution in [1.82, 2.24) is 15.5 Å². The number of benzene rings is 2. The predicted molar refractivity (Wildman–Crippen MR) is 153 cm³/mol. The SMILES string of the molecule is CS(=O)(=O)/C(F)=C/[C@H](C[C@@H]1CCNC1=O)NC(=O)[C@H]1[C@H]2CCC[C@H]2CN1C(=O)C1(O)c2ccccc2-c2ccccc21. The summed E-state index contributed by atoms with van der Waals surface area (Å²) in [6.07, 6.45) is 4.50. The number of sulfone groups is 1. The third kappa shape index (κ3) is 4.72. The van der Waals surface area contributed by atoms with Gasteiger partial charge in [0.1, 0.15) is 6.04 Å². The summed E-state index contributed by atoms with van der Waals surface area (Å²) in [6, 6.07) is 12.3. The highest BCUT2D eigenvalue weighted by atomic mass is 32.2. The van der Waals surface area contributed by atoms with E-state index in [1.807, 2.05) is 24.3 Å². The first-order chi connectivity index (χ1) is 20.0. The number of amides is 3. The molecule has 0 aromatic heterocycles. The lowest BCUT2D eigenvalue weighted by molar-refractivity contribution is -0.152. The van der Waals surface area contributed by atoms with Gasteiger partial charge in [-0.15, -0.1) is 0 Å². The van der Waals surface area contributed by atoms with Crippen LogP contribution in [0.15, 0.2) is 59.8 Å². The Bertz CT molecular complexity index is 1540.